The van der Waals surface area contributed by atoms with Crippen LogP contribution >= 0.6 is 0 Å². The lowest BCUT2D eigenvalue weighted by molar-refractivity contribution is 0.278. The average Bonchev–Trinajstić information content (AvgIpc) is 2.45. The van der Waals surface area contributed by atoms with E-state index in [0.717, 1.165) is 5.56 Å². The van der Waals surface area contributed by atoms with E-state index in [9.17, 15) is 5.11 Å². The molecule has 0 aliphatic rings. The third-order valence-electron chi connectivity index (χ3n) is 2.73. The van der Waals surface area contributed by atoms with Crippen LogP contribution in [-0.4, -0.2) is 34.8 Å². The van der Waals surface area contributed by atoms with Crippen molar-refractivity contribution in [3.05, 3.63) is 36.7 Å². The van der Waals surface area contributed by atoms with Gasteiger partial charge in [0.25, 0.3) is 0 Å². The molecule has 2 N–H and O–H groups in total. The van der Waals surface area contributed by atoms with Crippen LogP contribution in [0.2, 0.25) is 0 Å². The summed E-state index contributed by atoms with van der Waals surface area (Å²) in [5.74, 6) is 1.39. The minimum atomic E-state index is 0.198. The second kappa shape index (κ2) is 6.15. The third-order valence-corrected chi connectivity index (χ3v) is 2.73. The fraction of sp³-hybridized carbons (Fsp3) is 0.286. The van der Waals surface area contributed by atoms with Crippen molar-refractivity contribution in [3.8, 4) is 22.9 Å². The molecule has 2 rings (SSSR count). The molecule has 1 heterocycles. The van der Waals surface area contributed by atoms with E-state index in [2.05, 4.69) is 15.3 Å². The number of nitrogens with one attached hydrogen (secondary N) is 1. The molecule has 2 aromatic rings. The standard InChI is InChI=1S/C14H17N3O2/c1-10(15-2)9-19-13-7-16-14(17-8-13)11-4-3-5-12(18)6-11/h3-8,10,15,18H,9H2,1-2H3. The molecule has 100 valence electrons. The van der Waals surface area contributed by atoms with Gasteiger partial charge in [-0.1, -0.05) is 12.1 Å². The second-order valence-electron chi connectivity index (χ2n) is 4.29. The van der Waals surface area contributed by atoms with Crippen LogP contribution in [-0.2, 0) is 0 Å². The predicted octanol–water partition coefficient (Wildman–Crippen LogP) is 1.84. The molecule has 0 amide bonds. The van der Waals surface area contributed by atoms with E-state index in [0.29, 0.717) is 18.2 Å². The number of phenols is 1. The van der Waals surface area contributed by atoms with Crippen molar-refractivity contribution in [2.45, 2.75) is 13.0 Å². The Morgan fingerprint density at radius 1 is 1.32 bits per heavy atom. The van der Waals surface area contributed by atoms with Crippen molar-refractivity contribution in [1.82, 2.24) is 15.3 Å². The molecular formula is C14H17N3O2. The highest BCUT2D eigenvalue weighted by atomic mass is 16.5. The molecule has 0 bridgehead atoms. The largest absolute Gasteiger partial charge is 0.508 e. The van der Waals surface area contributed by atoms with Crippen molar-refractivity contribution in [3.63, 3.8) is 0 Å². The Morgan fingerprint density at radius 2 is 2.05 bits per heavy atom. The number of aromatic nitrogens is 2. The molecule has 5 heteroatoms. The molecule has 1 unspecified atom stereocenters. The van der Waals surface area contributed by atoms with Gasteiger partial charge in [0.2, 0.25) is 0 Å². The molecule has 19 heavy (non-hydrogen) atoms. The smallest absolute Gasteiger partial charge is 0.159 e. The summed E-state index contributed by atoms with van der Waals surface area (Å²) in [5.41, 5.74) is 0.773. The zero-order chi connectivity index (χ0) is 13.7. The average molecular weight is 259 g/mol. The van der Waals surface area contributed by atoms with E-state index in [-0.39, 0.29) is 11.8 Å². The van der Waals surface area contributed by atoms with Crippen LogP contribution in [0, 0.1) is 0 Å². The van der Waals surface area contributed by atoms with Crippen LogP contribution in [0.5, 0.6) is 11.5 Å². The summed E-state index contributed by atoms with van der Waals surface area (Å²) in [6.07, 6.45) is 3.27. The highest BCUT2D eigenvalue weighted by Crippen LogP contribution is 2.20. The van der Waals surface area contributed by atoms with Crippen molar-refractivity contribution in [2.75, 3.05) is 13.7 Å². The highest BCUT2D eigenvalue weighted by molar-refractivity contribution is 5.57. The van der Waals surface area contributed by atoms with Gasteiger partial charge in [-0.15, -0.1) is 0 Å². The van der Waals surface area contributed by atoms with Crippen molar-refractivity contribution in [1.29, 1.82) is 0 Å². The van der Waals surface area contributed by atoms with Gasteiger partial charge in [-0.05, 0) is 26.1 Å². The molecule has 1 aromatic carbocycles. The van der Waals surface area contributed by atoms with Gasteiger partial charge in [-0.3, -0.25) is 0 Å². The summed E-state index contributed by atoms with van der Waals surface area (Å²) in [6.45, 7) is 2.59. The molecule has 5 nitrogen and oxygen atoms in total. The zero-order valence-corrected chi connectivity index (χ0v) is 11.0. The van der Waals surface area contributed by atoms with Gasteiger partial charge in [0.15, 0.2) is 11.6 Å². The zero-order valence-electron chi connectivity index (χ0n) is 11.0. The topological polar surface area (TPSA) is 67.3 Å². The molecule has 0 aliphatic heterocycles. The number of hydrogen-bond acceptors (Lipinski definition) is 5. The maximum absolute atomic E-state index is 9.41. The number of ether oxygens (including phenoxy) is 1. The van der Waals surface area contributed by atoms with Crippen molar-refractivity contribution >= 4 is 0 Å². The predicted molar refractivity (Wildman–Crippen MR) is 73.1 cm³/mol. The minimum absolute atomic E-state index is 0.198. The normalized spacial score (nSPS) is 12.1. The van der Waals surface area contributed by atoms with E-state index in [1.165, 1.54) is 0 Å². The van der Waals surface area contributed by atoms with Gasteiger partial charge in [-0.25, -0.2) is 9.97 Å². The highest BCUT2D eigenvalue weighted by Gasteiger charge is 2.04. The number of aromatic hydroxyl groups is 1. The van der Waals surface area contributed by atoms with Gasteiger partial charge in [-0.2, -0.15) is 0 Å². The summed E-state index contributed by atoms with van der Waals surface area (Å²) in [5, 5.41) is 12.5. The van der Waals surface area contributed by atoms with Crippen molar-refractivity contribution < 1.29 is 9.84 Å². The third kappa shape index (κ3) is 3.66. The van der Waals surface area contributed by atoms with E-state index >= 15 is 0 Å². The van der Waals surface area contributed by atoms with Crippen molar-refractivity contribution in [2.24, 2.45) is 0 Å². The van der Waals surface area contributed by atoms with Gasteiger partial charge in [0, 0.05) is 11.6 Å². The van der Waals surface area contributed by atoms with Crippen LogP contribution in [0.1, 0.15) is 6.92 Å². The lowest BCUT2D eigenvalue weighted by Crippen LogP contribution is -2.28. The first-order chi connectivity index (χ1) is 9.19. The fourth-order valence-corrected chi connectivity index (χ4v) is 1.49. The van der Waals surface area contributed by atoms with Gasteiger partial charge >= 0.3 is 0 Å². The first-order valence-electron chi connectivity index (χ1n) is 6.10. The SMILES string of the molecule is CNC(C)COc1cnc(-c2cccc(O)c2)nc1. The van der Waals surface area contributed by atoms with Crippen LogP contribution in [0.25, 0.3) is 11.4 Å². The molecule has 0 saturated carbocycles. The molecule has 0 saturated heterocycles. The first kappa shape index (κ1) is 13.3. The summed E-state index contributed by atoms with van der Waals surface area (Å²) in [6, 6.07) is 7.11. The summed E-state index contributed by atoms with van der Waals surface area (Å²) < 4.78 is 5.54. The lowest BCUT2D eigenvalue weighted by Gasteiger charge is -2.11. The number of likely N-dealkylation sites (N-methyl/N-ethyl adjacent to an activating group) is 1. The van der Waals surface area contributed by atoms with Crippen LogP contribution in [0.3, 0.4) is 0 Å². The van der Waals surface area contributed by atoms with Gasteiger partial charge in [0.05, 0.1) is 12.4 Å². The van der Waals surface area contributed by atoms with Gasteiger partial charge < -0.3 is 15.2 Å². The number of phenolic OH excluding ortho intramolecular Hbond substituents is 1. The molecule has 1 atom stereocenters. The lowest BCUT2D eigenvalue weighted by atomic mass is 10.2. The second-order valence-corrected chi connectivity index (χ2v) is 4.29. The number of hydrogen-bond donors (Lipinski definition) is 2. The summed E-state index contributed by atoms with van der Waals surface area (Å²) in [7, 11) is 1.88. The van der Waals surface area contributed by atoms with Crippen LogP contribution < -0.4 is 10.1 Å². The Hall–Kier alpha value is -2.14. The quantitative estimate of drug-likeness (QED) is 0.857. The number of rotatable bonds is 5. The minimum Gasteiger partial charge on any atom is -0.508 e. The van der Waals surface area contributed by atoms with Gasteiger partial charge in [0.1, 0.15) is 12.4 Å². The molecule has 0 radical (unpaired) electrons. The maximum Gasteiger partial charge on any atom is 0.159 e. The Labute approximate surface area is 112 Å². The van der Waals surface area contributed by atoms with E-state index < -0.39 is 0 Å². The molecule has 1 aromatic heterocycles. The summed E-state index contributed by atoms with van der Waals surface area (Å²) >= 11 is 0. The number of benzene rings is 1. The Balaban J connectivity index is 2.06. The van der Waals surface area contributed by atoms with E-state index in [1.807, 2.05) is 20.0 Å². The molecule has 0 fully saturated rings. The van der Waals surface area contributed by atoms with Crippen LogP contribution in [0.15, 0.2) is 36.7 Å². The Kier molecular flexibility index (Phi) is 4.30. The van der Waals surface area contributed by atoms with Crippen LogP contribution in [0.4, 0.5) is 0 Å². The molecule has 0 aliphatic carbocycles. The Bertz CT molecular complexity index is 528. The molecular weight excluding hydrogens is 242 g/mol. The first-order valence-corrected chi connectivity index (χ1v) is 6.10. The number of nitrogens with zero attached hydrogens (tertiary/aromatic N) is 2. The summed E-state index contributed by atoms with van der Waals surface area (Å²) in [4.78, 5) is 8.45. The maximum atomic E-state index is 9.41. The van der Waals surface area contributed by atoms with E-state index in [4.69, 9.17) is 4.74 Å². The van der Waals surface area contributed by atoms with E-state index in [1.54, 1.807) is 30.6 Å². The fourth-order valence-electron chi connectivity index (χ4n) is 1.49. The molecule has 0 spiro atoms. The monoisotopic (exact) mass is 259 g/mol. The Morgan fingerprint density at radius 3 is 2.68 bits per heavy atom.